The van der Waals surface area contributed by atoms with Gasteiger partial charge in [-0.2, -0.15) is 0 Å². The number of nitrogens with zero attached hydrogens (tertiary/aromatic N) is 1. The summed E-state index contributed by atoms with van der Waals surface area (Å²) in [5.74, 6) is 0. The molecule has 0 amide bonds. The molecule has 0 aliphatic heterocycles. The summed E-state index contributed by atoms with van der Waals surface area (Å²) in [6, 6.07) is 0.915. The minimum absolute atomic E-state index is 0.428. The molecule has 0 saturated heterocycles. The third-order valence-electron chi connectivity index (χ3n) is 2.57. The monoisotopic (exact) mass is 247 g/mol. The lowest BCUT2D eigenvalue weighted by Crippen LogP contribution is -2.37. The van der Waals surface area contributed by atoms with E-state index >= 15 is 0 Å². The summed E-state index contributed by atoms with van der Waals surface area (Å²) in [7, 11) is 0. The van der Waals surface area contributed by atoms with E-state index in [9.17, 15) is 0 Å². The van der Waals surface area contributed by atoms with Gasteiger partial charge in [-0.15, -0.1) is 0 Å². The molecule has 0 aromatic rings. The highest BCUT2D eigenvalue weighted by Crippen LogP contribution is 2.30. The Balaban J connectivity index is 2.36. The minimum atomic E-state index is 0.428. The Morgan fingerprint density at radius 3 is 2.38 bits per heavy atom. The Morgan fingerprint density at radius 2 is 2.00 bits per heavy atom. The molecule has 2 heteroatoms. The largest absolute Gasteiger partial charge is 0.300 e. The van der Waals surface area contributed by atoms with E-state index in [2.05, 4.69) is 41.6 Å². The highest BCUT2D eigenvalue weighted by molar-refractivity contribution is 9.09. The second-order valence-electron chi connectivity index (χ2n) is 5.00. The van der Waals surface area contributed by atoms with Crippen LogP contribution in [-0.2, 0) is 0 Å². The molecule has 78 valence electrons. The molecule has 1 fully saturated rings. The van der Waals surface area contributed by atoms with Crippen LogP contribution in [-0.4, -0.2) is 29.4 Å². The Morgan fingerprint density at radius 1 is 1.38 bits per heavy atom. The fourth-order valence-corrected chi connectivity index (χ4v) is 1.89. The first kappa shape index (κ1) is 11.5. The van der Waals surface area contributed by atoms with Crippen molar-refractivity contribution in [2.45, 2.75) is 46.1 Å². The molecule has 0 aromatic carbocycles. The molecular formula is C11H22BrN. The number of halogens is 1. The van der Waals surface area contributed by atoms with Crippen molar-refractivity contribution in [1.29, 1.82) is 0 Å². The molecule has 0 bridgehead atoms. The van der Waals surface area contributed by atoms with Crippen molar-refractivity contribution < 1.29 is 0 Å². The van der Waals surface area contributed by atoms with Crippen LogP contribution < -0.4 is 0 Å². The van der Waals surface area contributed by atoms with Gasteiger partial charge in [-0.3, -0.25) is 4.90 Å². The summed E-state index contributed by atoms with van der Waals surface area (Å²) in [5.41, 5.74) is 0.428. The SMILES string of the molecule is CCCN(CC(C)(C)CBr)C1CC1. The van der Waals surface area contributed by atoms with Crippen LogP contribution in [0.15, 0.2) is 0 Å². The normalized spacial score (nSPS) is 18.2. The average Bonchev–Trinajstić information content (AvgIpc) is 2.86. The van der Waals surface area contributed by atoms with Crippen molar-refractivity contribution in [3.05, 3.63) is 0 Å². The Bertz CT molecular complexity index is 152. The van der Waals surface area contributed by atoms with Gasteiger partial charge in [0.2, 0.25) is 0 Å². The number of alkyl halides is 1. The summed E-state index contributed by atoms with van der Waals surface area (Å²) >= 11 is 3.59. The zero-order valence-electron chi connectivity index (χ0n) is 9.15. The predicted molar refractivity (Wildman–Crippen MR) is 62.5 cm³/mol. The molecule has 0 radical (unpaired) electrons. The molecule has 0 atom stereocenters. The number of hydrogen-bond donors (Lipinski definition) is 0. The molecule has 1 aliphatic carbocycles. The standard InChI is InChI=1S/C11H22BrN/c1-4-7-13(10-5-6-10)9-11(2,3)8-12/h10H,4-9H2,1-3H3. The van der Waals surface area contributed by atoms with E-state index < -0.39 is 0 Å². The van der Waals surface area contributed by atoms with E-state index in [-0.39, 0.29) is 0 Å². The van der Waals surface area contributed by atoms with Gasteiger partial charge in [-0.05, 0) is 31.2 Å². The van der Waals surface area contributed by atoms with Crippen LogP contribution >= 0.6 is 15.9 Å². The third kappa shape index (κ3) is 3.99. The van der Waals surface area contributed by atoms with Crippen molar-refractivity contribution >= 4 is 15.9 Å². The molecule has 0 spiro atoms. The van der Waals surface area contributed by atoms with Crippen molar-refractivity contribution in [2.75, 3.05) is 18.4 Å². The topological polar surface area (TPSA) is 3.24 Å². The average molecular weight is 248 g/mol. The van der Waals surface area contributed by atoms with Crippen LogP contribution in [0, 0.1) is 5.41 Å². The maximum atomic E-state index is 3.59. The van der Waals surface area contributed by atoms with E-state index in [4.69, 9.17) is 0 Å². The lowest BCUT2D eigenvalue weighted by Gasteiger charge is -2.31. The van der Waals surface area contributed by atoms with E-state index in [1.807, 2.05) is 0 Å². The molecular weight excluding hydrogens is 226 g/mol. The van der Waals surface area contributed by atoms with Gasteiger partial charge in [0.05, 0.1) is 0 Å². The predicted octanol–water partition coefficient (Wildman–Crippen LogP) is 3.28. The first-order valence-electron chi connectivity index (χ1n) is 5.39. The summed E-state index contributed by atoms with van der Waals surface area (Å²) in [5, 5.41) is 1.10. The highest BCUT2D eigenvalue weighted by atomic mass is 79.9. The third-order valence-corrected chi connectivity index (χ3v) is 4.08. The van der Waals surface area contributed by atoms with E-state index in [1.165, 1.54) is 32.4 Å². The van der Waals surface area contributed by atoms with Gasteiger partial charge in [0, 0.05) is 17.9 Å². The van der Waals surface area contributed by atoms with Crippen LogP contribution in [0.2, 0.25) is 0 Å². The van der Waals surface area contributed by atoms with Gasteiger partial charge < -0.3 is 0 Å². The van der Waals surface area contributed by atoms with Crippen LogP contribution in [0.1, 0.15) is 40.0 Å². The van der Waals surface area contributed by atoms with Crippen LogP contribution in [0.5, 0.6) is 0 Å². The lowest BCUT2D eigenvalue weighted by atomic mass is 9.96. The molecule has 1 nitrogen and oxygen atoms in total. The maximum absolute atomic E-state index is 3.59. The van der Waals surface area contributed by atoms with Crippen LogP contribution in [0.4, 0.5) is 0 Å². The van der Waals surface area contributed by atoms with Crippen LogP contribution in [0.25, 0.3) is 0 Å². The van der Waals surface area contributed by atoms with Crippen molar-refractivity contribution in [3.8, 4) is 0 Å². The van der Waals surface area contributed by atoms with Crippen molar-refractivity contribution in [1.82, 2.24) is 4.90 Å². The van der Waals surface area contributed by atoms with Crippen molar-refractivity contribution in [3.63, 3.8) is 0 Å². The van der Waals surface area contributed by atoms with Gasteiger partial charge in [-0.1, -0.05) is 36.7 Å². The van der Waals surface area contributed by atoms with Gasteiger partial charge in [0.15, 0.2) is 0 Å². The smallest absolute Gasteiger partial charge is 0.00966 e. The molecule has 1 aliphatic rings. The maximum Gasteiger partial charge on any atom is 0.00966 e. The number of hydrogen-bond acceptors (Lipinski definition) is 1. The van der Waals surface area contributed by atoms with Gasteiger partial charge in [0.1, 0.15) is 0 Å². The Hall–Kier alpha value is 0.440. The zero-order valence-corrected chi connectivity index (χ0v) is 10.7. The van der Waals surface area contributed by atoms with Gasteiger partial charge in [0.25, 0.3) is 0 Å². The summed E-state index contributed by atoms with van der Waals surface area (Å²) in [6.07, 6.45) is 4.14. The summed E-state index contributed by atoms with van der Waals surface area (Å²) in [6.45, 7) is 9.48. The molecule has 13 heavy (non-hydrogen) atoms. The molecule has 1 rings (SSSR count). The summed E-state index contributed by atoms with van der Waals surface area (Å²) in [4.78, 5) is 2.67. The second-order valence-corrected chi connectivity index (χ2v) is 5.56. The lowest BCUT2D eigenvalue weighted by molar-refractivity contribution is 0.187. The fraction of sp³-hybridized carbons (Fsp3) is 1.00. The highest BCUT2D eigenvalue weighted by Gasteiger charge is 2.31. The number of rotatable bonds is 6. The van der Waals surface area contributed by atoms with Crippen LogP contribution in [0.3, 0.4) is 0 Å². The quantitative estimate of drug-likeness (QED) is 0.652. The molecule has 0 heterocycles. The Labute approximate surface area is 91.0 Å². The fourth-order valence-electron chi connectivity index (χ4n) is 1.71. The molecule has 0 aromatic heterocycles. The van der Waals surface area contributed by atoms with Crippen molar-refractivity contribution in [2.24, 2.45) is 5.41 Å². The van der Waals surface area contributed by atoms with Gasteiger partial charge >= 0.3 is 0 Å². The molecule has 0 N–H and O–H groups in total. The zero-order chi connectivity index (χ0) is 9.90. The summed E-state index contributed by atoms with van der Waals surface area (Å²) < 4.78 is 0. The first-order valence-corrected chi connectivity index (χ1v) is 6.51. The Kier molecular flexibility index (Phi) is 4.24. The molecule has 1 saturated carbocycles. The molecule has 0 unspecified atom stereocenters. The van der Waals surface area contributed by atoms with Gasteiger partial charge in [-0.25, -0.2) is 0 Å². The second kappa shape index (κ2) is 4.79. The van der Waals surface area contributed by atoms with E-state index in [0.29, 0.717) is 5.41 Å². The van der Waals surface area contributed by atoms with E-state index in [1.54, 1.807) is 0 Å². The first-order chi connectivity index (χ1) is 6.09. The van der Waals surface area contributed by atoms with E-state index in [0.717, 1.165) is 11.4 Å². The minimum Gasteiger partial charge on any atom is -0.300 e.